The van der Waals surface area contributed by atoms with Crippen LogP contribution in [-0.2, 0) is 16.9 Å². The lowest BCUT2D eigenvalue weighted by Gasteiger charge is -2.26. The molecule has 1 aromatic heterocycles. The van der Waals surface area contributed by atoms with Crippen LogP contribution in [0.4, 0.5) is 0 Å². The Hall–Kier alpha value is -3.94. The van der Waals surface area contributed by atoms with E-state index < -0.39 is 5.54 Å². The zero-order chi connectivity index (χ0) is 24.1. The molecule has 2 amide bonds. The average molecular weight is 459 g/mol. The summed E-state index contributed by atoms with van der Waals surface area (Å²) in [5.74, 6) is 0.227. The van der Waals surface area contributed by atoms with Crippen molar-refractivity contribution in [3.8, 4) is 0 Å². The van der Waals surface area contributed by atoms with Crippen molar-refractivity contribution in [3.05, 3.63) is 89.5 Å². The highest BCUT2D eigenvalue weighted by Crippen LogP contribution is 2.39. The number of rotatable bonds is 9. The number of hydrogen-bond acceptors (Lipinski definition) is 5. The van der Waals surface area contributed by atoms with Crippen LogP contribution in [0.1, 0.15) is 54.1 Å². The molecule has 0 saturated heterocycles. The monoisotopic (exact) mass is 458 g/mol. The number of aliphatic imine (C=N–C) groups is 1. The van der Waals surface area contributed by atoms with E-state index in [0.29, 0.717) is 24.6 Å². The molecule has 3 aromatic rings. The fraction of sp³-hybridized carbons (Fsp3) is 0.308. The van der Waals surface area contributed by atoms with Gasteiger partial charge in [0.25, 0.3) is 11.8 Å². The number of guanidine groups is 1. The number of nitrogens with one attached hydrogen (secondary N) is 1. The lowest BCUT2D eigenvalue weighted by Crippen LogP contribution is -2.43. The summed E-state index contributed by atoms with van der Waals surface area (Å²) in [5.41, 5.74) is 6.91. The van der Waals surface area contributed by atoms with E-state index in [1.165, 1.54) is 11.1 Å². The Balaban J connectivity index is 1.62. The standard InChI is InChI=1S/C26H30N6O2/c1-3-15-31(16-4-2)23(33)21-17-28-22(29-21)18-32-24(34)26(30-25(32)27,19-11-7-5-8-12-19)20-13-9-6-10-14-20/h5-14,17H,3-4,15-16,18H2,1-2H3,(H2,27,30)(H,28,29). The maximum absolute atomic E-state index is 13.9. The lowest BCUT2D eigenvalue weighted by atomic mass is 9.83. The van der Waals surface area contributed by atoms with Gasteiger partial charge in [-0.1, -0.05) is 74.5 Å². The van der Waals surface area contributed by atoms with E-state index in [1.54, 1.807) is 0 Å². The molecule has 2 aromatic carbocycles. The second kappa shape index (κ2) is 9.91. The predicted octanol–water partition coefficient (Wildman–Crippen LogP) is 3.27. The molecule has 176 valence electrons. The molecule has 0 radical (unpaired) electrons. The first-order valence-electron chi connectivity index (χ1n) is 11.6. The molecular weight excluding hydrogens is 428 g/mol. The van der Waals surface area contributed by atoms with Crippen molar-refractivity contribution in [2.75, 3.05) is 13.1 Å². The van der Waals surface area contributed by atoms with E-state index >= 15 is 0 Å². The van der Waals surface area contributed by atoms with Crippen LogP contribution in [0.2, 0.25) is 0 Å². The SMILES string of the molecule is CCCN(CCC)C(=O)c1cnc(CN2C(=O)C(c3ccccc3)(c3ccccc3)N=C2N)[nH]1. The largest absolute Gasteiger partial charge is 0.369 e. The molecule has 0 fully saturated rings. The molecule has 0 atom stereocenters. The third-order valence-corrected chi connectivity index (χ3v) is 5.94. The normalized spacial score (nSPS) is 14.8. The zero-order valence-corrected chi connectivity index (χ0v) is 19.6. The molecule has 0 spiro atoms. The van der Waals surface area contributed by atoms with E-state index in [9.17, 15) is 9.59 Å². The number of carbonyl (C=O) groups excluding carboxylic acids is 2. The van der Waals surface area contributed by atoms with Crippen LogP contribution < -0.4 is 5.73 Å². The summed E-state index contributed by atoms with van der Waals surface area (Å²) in [6.07, 6.45) is 3.28. The van der Waals surface area contributed by atoms with E-state index in [2.05, 4.69) is 9.97 Å². The predicted molar refractivity (Wildman–Crippen MR) is 131 cm³/mol. The van der Waals surface area contributed by atoms with Crippen LogP contribution in [0.15, 0.2) is 71.9 Å². The number of H-pyrrole nitrogens is 1. The number of nitrogens with zero attached hydrogens (tertiary/aromatic N) is 4. The first kappa shape index (κ1) is 23.2. The van der Waals surface area contributed by atoms with Gasteiger partial charge in [-0.2, -0.15) is 0 Å². The Bertz CT molecular complexity index is 1130. The molecule has 34 heavy (non-hydrogen) atoms. The van der Waals surface area contributed by atoms with Crippen molar-refractivity contribution in [1.82, 2.24) is 19.8 Å². The molecule has 0 aliphatic carbocycles. The van der Waals surface area contributed by atoms with Gasteiger partial charge in [0, 0.05) is 13.1 Å². The summed E-state index contributed by atoms with van der Waals surface area (Å²) in [7, 11) is 0. The molecular formula is C26H30N6O2. The summed E-state index contributed by atoms with van der Waals surface area (Å²) < 4.78 is 0. The number of hydrogen-bond donors (Lipinski definition) is 2. The molecule has 0 saturated carbocycles. The highest BCUT2D eigenvalue weighted by Gasteiger charge is 2.50. The molecule has 4 rings (SSSR count). The Morgan fingerprint density at radius 2 is 1.56 bits per heavy atom. The molecule has 8 nitrogen and oxygen atoms in total. The minimum Gasteiger partial charge on any atom is -0.369 e. The maximum atomic E-state index is 13.9. The van der Waals surface area contributed by atoms with Crippen molar-refractivity contribution in [2.24, 2.45) is 10.7 Å². The van der Waals surface area contributed by atoms with Gasteiger partial charge in [0.2, 0.25) is 0 Å². The van der Waals surface area contributed by atoms with E-state index in [0.717, 1.165) is 24.0 Å². The average Bonchev–Trinajstić information content (AvgIpc) is 3.43. The van der Waals surface area contributed by atoms with Crippen molar-refractivity contribution in [2.45, 2.75) is 38.8 Å². The minimum absolute atomic E-state index is 0.0877. The fourth-order valence-electron chi connectivity index (χ4n) is 4.36. The summed E-state index contributed by atoms with van der Waals surface area (Å²) in [5, 5.41) is 0. The lowest BCUT2D eigenvalue weighted by molar-refractivity contribution is -0.130. The van der Waals surface area contributed by atoms with Gasteiger partial charge in [0.15, 0.2) is 11.5 Å². The Labute approximate surface area is 199 Å². The van der Waals surface area contributed by atoms with E-state index in [-0.39, 0.29) is 24.3 Å². The summed E-state index contributed by atoms with van der Waals surface area (Å²) in [4.78, 5) is 42.1. The van der Waals surface area contributed by atoms with Crippen molar-refractivity contribution in [1.29, 1.82) is 0 Å². The van der Waals surface area contributed by atoms with Gasteiger partial charge in [0.05, 0.1) is 12.7 Å². The molecule has 0 bridgehead atoms. The van der Waals surface area contributed by atoms with Crippen LogP contribution in [0, 0.1) is 0 Å². The Morgan fingerprint density at radius 1 is 1.00 bits per heavy atom. The molecule has 1 aliphatic rings. The van der Waals surface area contributed by atoms with Gasteiger partial charge in [-0.15, -0.1) is 0 Å². The van der Waals surface area contributed by atoms with E-state index in [1.807, 2.05) is 79.4 Å². The molecule has 2 heterocycles. The summed E-state index contributed by atoms with van der Waals surface area (Å²) in [6, 6.07) is 18.8. The maximum Gasteiger partial charge on any atom is 0.271 e. The molecule has 3 N–H and O–H groups in total. The molecule has 8 heteroatoms. The van der Waals surface area contributed by atoms with Crippen LogP contribution in [0.3, 0.4) is 0 Å². The first-order chi connectivity index (χ1) is 16.5. The highest BCUT2D eigenvalue weighted by molar-refractivity contribution is 6.09. The highest BCUT2D eigenvalue weighted by atomic mass is 16.2. The quantitative estimate of drug-likeness (QED) is 0.513. The number of imidazole rings is 1. The zero-order valence-electron chi connectivity index (χ0n) is 19.6. The fourth-order valence-corrected chi connectivity index (χ4v) is 4.36. The smallest absolute Gasteiger partial charge is 0.271 e. The van der Waals surface area contributed by atoms with Crippen LogP contribution >= 0.6 is 0 Å². The number of aromatic amines is 1. The third kappa shape index (κ3) is 4.19. The van der Waals surface area contributed by atoms with Crippen LogP contribution in [0.5, 0.6) is 0 Å². The third-order valence-electron chi connectivity index (χ3n) is 5.94. The topological polar surface area (TPSA) is 108 Å². The van der Waals surface area contributed by atoms with E-state index in [4.69, 9.17) is 10.7 Å². The van der Waals surface area contributed by atoms with Crippen molar-refractivity contribution in [3.63, 3.8) is 0 Å². The van der Waals surface area contributed by atoms with Crippen molar-refractivity contribution < 1.29 is 9.59 Å². The van der Waals surface area contributed by atoms with Crippen LogP contribution in [0.25, 0.3) is 0 Å². The molecule has 0 unspecified atom stereocenters. The second-order valence-electron chi connectivity index (χ2n) is 8.34. The first-order valence-corrected chi connectivity index (χ1v) is 11.6. The van der Waals surface area contributed by atoms with Gasteiger partial charge in [-0.25, -0.2) is 9.98 Å². The van der Waals surface area contributed by atoms with Gasteiger partial charge in [0.1, 0.15) is 11.5 Å². The Morgan fingerprint density at radius 3 is 2.09 bits per heavy atom. The number of amides is 2. The minimum atomic E-state index is -1.27. The number of nitrogens with two attached hydrogens (primary N) is 1. The van der Waals surface area contributed by atoms with Gasteiger partial charge >= 0.3 is 0 Å². The summed E-state index contributed by atoms with van der Waals surface area (Å²) in [6.45, 7) is 5.54. The van der Waals surface area contributed by atoms with Crippen LogP contribution in [-0.4, -0.2) is 50.6 Å². The number of carbonyl (C=O) groups is 2. The van der Waals surface area contributed by atoms with Gasteiger partial charge in [-0.05, 0) is 24.0 Å². The second-order valence-corrected chi connectivity index (χ2v) is 8.34. The van der Waals surface area contributed by atoms with Gasteiger partial charge < -0.3 is 15.6 Å². The van der Waals surface area contributed by atoms with Gasteiger partial charge in [-0.3, -0.25) is 14.5 Å². The Kier molecular flexibility index (Phi) is 6.77. The number of benzene rings is 2. The molecule has 1 aliphatic heterocycles. The van der Waals surface area contributed by atoms with Crippen molar-refractivity contribution >= 4 is 17.8 Å². The number of aromatic nitrogens is 2. The summed E-state index contributed by atoms with van der Waals surface area (Å²) >= 11 is 0.